The van der Waals surface area contributed by atoms with Crippen LogP contribution < -0.4 is 10.9 Å². The smallest absolute Gasteiger partial charge is 0.285 e. The molecule has 0 saturated heterocycles. The standard InChI is InChI=1S/C17H17N3O4/c21-16(11-19-10-13(20(23)24)8-9-17(19)22)18-15-7-3-5-12-4-1-2-6-14(12)15/h1-2,4,6,8-10,15H,3,5,7,11H2,(H,18,21). The summed E-state index contributed by atoms with van der Waals surface area (Å²) in [7, 11) is 0. The van der Waals surface area contributed by atoms with Gasteiger partial charge in [0.1, 0.15) is 6.54 Å². The molecule has 0 saturated carbocycles. The van der Waals surface area contributed by atoms with Crippen LogP contribution in [0.5, 0.6) is 0 Å². The number of amides is 1. The van der Waals surface area contributed by atoms with E-state index < -0.39 is 10.5 Å². The third kappa shape index (κ3) is 3.34. The summed E-state index contributed by atoms with van der Waals surface area (Å²) in [5, 5.41) is 13.7. The Morgan fingerprint density at radius 1 is 1.29 bits per heavy atom. The Bertz CT molecular complexity index is 844. The van der Waals surface area contributed by atoms with E-state index in [0.717, 1.165) is 47.7 Å². The van der Waals surface area contributed by atoms with Crippen LogP contribution in [-0.4, -0.2) is 15.4 Å². The molecular formula is C17H17N3O4. The number of carbonyl (C=O) groups is 1. The number of benzene rings is 1. The monoisotopic (exact) mass is 327 g/mol. The number of aryl methyl sites for hydroxylation is 1. The lowest BCUT2D eigenvalue weighted by Crippen LogP contribution is -2.35. The molecule has 0 aliphatic heterocycles. The van der Waals surface area contributed by atoms with Crippen molar-refractivity contribution < 1.29 is 9.72 Å². The van der Waals surface area contributed by atoms with Crippen molar-refractivity contribution >= 4 is 11.6 Å². The molecule has 1 unspecified atom stereocenters. The van der Waals surface area contributed by atoms with Gasteiger partial charge in [0.05, 0.1) is 17.2 Å². The number of hydrogen-bond donors (Lipinski definition) is 1. The van der Waals surface area contributed by atoms with E-state index in [1.807, 2.05) is 18.2 Å². The summed E-state index contributed by atoms with van der Waals surface area (Å²) in [6.45, 7) is -0.237. The Labute approximate surface area is 138 Å². The van der Waals surface area contributed by atoms with Gasteiger partial charge >= 0.3 is 0 Å². The molecule has 0 radical (unpaired) electrons. The van der Waals surface area contributed by atoms with Gasteiger partial charge in [-0.1, -0.05) is 24.3 Å². The first-order chi connectivity index (χ1) is 11.5. The topological polar surface area (TPSA) is 94.2 Å². The average Bonchev–Trinajstić information content (AvgIpc) is 2.57. The van der Waals surface area contributed by atoms with Gasteiger partial charge in [0.25, 0.3) is 11.2 Å². The van der Waals surface area contributed by atoms with Gasteiger partial charge in [0.2, 0.25) is 5.91 Å². The fraction of sp³-hybridized carbons (Fsp3) is 0.294. The Kier molecular flexibility index (Phi) is 4.41. The van der Waals surface area contributed by atoms with Crippen molar-refractivity contribution in [1.29, 1.82) is 0 Å². The summed E-state index contributed by atoms with van der Waals surface area (Å²) < 4.78 is 1.06. The van der Waals surface area contributed by atoms with Gasteiger partial charge < -0.3 is 5.32 Å². The van der Waals surface area contributed by atoms with Crippen LogP contribution in [-0.2, 0) is 17.8 Å². The van der Waals surface area contributed by atoms with Crippen molar-refractivity contribution in [3.8, 4) is 0 Å². The Hall–Kier alpha value is -2.96. The second-order valence-electron chi connectivity index (χ2n) is 5.82. The van der Waals surface area contributed by atoms with Crippen LogP contribution in [0.2, 0.25) is 0 Å². The summed E-state index contributed by atoms with van der Waals surface area (Å²) >= 11 is 0. The number of pyridine rings is 1. The predicted octanol–water partition coefficient (Wildman–Crippen LogP) is 1.95. The second kappa shape index (κ2) is 6.66. The van der Waals surface area contributed by atoms with E-state index >= 15 is 0 Å². The van der Waals surface area contributed by atoms with Crippen molar-refractivity contribution in [1.82, 2.24) is 9.88 Å². The molecule has 3 rings (SSSR count). The lowest BCUT2D eigenvalue weighted by Gasteiger charge is -2.26. The molecule has 1 heterocycles. The fourth-order valence-electron chi connectivity index (χ4n) is 3.05. The maximum absolute atomic E-state index is 12.3. The van der Waals surface area contributed by atoms with Gasteiger partial charge in [-0.2, -0.15) is 0 Å². The summed E-state index contributed by atoms with van der Waals surface area (Å²) in [4.78, 5) is 34.3. The van der Waals surface area contributed by atoms with Crippen LogP contribution >= 0.6 is 0 Å². The molecular weight excluding hydrogens is 310 g/mol. The average molecular weight is 327 g/mol. The summed E-state index contributed by atoms with van der Waals surface area (Å²) in [5.41, 5.74) is 1.66. The molecule has 1 amide bonds. The van der Waals surface area contributed by atoms with Crippen LogP contribution in [0.25, 0.3) is 0 Å². The lowest BCUT2D eigenvalue weighted by molar-refractivity contribution is -0.385. The van der Waals surface area contributed by atoms with Crippen LogP contribution in [0.3, 0.4) is 0 Å². The molecule has 124 valence electrons. The maximum atomic E-state index is 12.3. The molecule has 1 aromatic carbocycles. The van der Waals surface area contributed by atoms with Crippen LogP contribution in [0, 0.1) is 10.1 Å². The molecule has 0 bridgehead atoms. The summed E-state index contributed by atoms with van der Waals surface area (Å²) in [5.74, 6) is -0.334. The van der Waals surface area contributed by atoms with Gasteiger partial charge in [-0.15, -0.1) is 0 Å². The van der Waals surface area contributed by atoms with E-state index in [1.54, 1.807) is 0 Å². The van der Waals surface area contributed by atoms with Gasteiger partial charge in [-0.05, 0) is 30.4 Å². The number of carbonyl (C=O) groups excluding carboxylic acids is 1. The zero-order valence-electron chi connectivity index (χ0n) is 13.0. The zero-order valence-corrected chi connectivity index (χ0v) is 13.0. The van der Waals surface area contributed by atoms with Gasteiger partial charge in [-0.25, -0.2) is 0 Å². The van der Waals surface area contributed by atoms with Crippen molar-refractivity contribution in [3.63, 3.8) is 0 Å². The van der Waals surface area contributed by atoms with Crippen molar-refractivity contribution in [2.24, 2.45) is 0 Å². The van der Waals surface area contributed by atoms with Crippen LogP contribution in [0.4, 0.5) is 5.69 Å². The molecule has 1 aromatic heterocycles. The molecule has 2 aromatic rings. The van der Waals surface area contributed by atoms with Crippen molar-refractivity contribution in [2.45, 2.75) is 31.8 Å². The van der Waals surface area contributed by atoms with Crippen LogP contribution in [0.1, 0.15) is 30.0 Å². The van der Waals surface area contributed by atoms with Gasteiger partial charge in [0, 0.05) is 12.1 Å². The minimum absolute atomic E-state index is 0.0862. The predicted molar refractivity (Wildman–Crippen MR) is 87.6 cm³/mol. The minimum atomic E-state index is -0.592. The molecule has 1 aliphatic carbocycles. The van der Waals surface area contributed by atoms with Gasteiger partial charge in [0.15, 0.2) is 0 Å². The first kappa shape index (κ1) is 15.9. The van der Waals surface area contributed by atoms with E-state index in [2.05, 4.69) is 11.4 Å². The third-order valence-corrected chi connectivity index (χ3v) is 4.20. The highest BCUT2D eigenvalue weighted by Crippen LogP contribution is 2.29. The molecule has 7 heteroatoms. The summed E-state index contributed by atoms with van der Waals surface area (Å²) in [6.07, 6.45) is 3.91. The first-order valence-electron chi connectivity index (χ1n) is 7.76. The number of nitrogens with one attached hydrogen (secondary N) is 1. The Balaban J connectivity index is 1.74. The Morgan fingerprint density at radius 3 is 2.88 bits per heavy atom. The SMILES string of the molecule is O=C(Cn1cc([N+](=O)[O-])ccc1=O)NC1CCCc2ccccc21. The lowest BCUT2D eigenvalue weighted by atomic mass is 9.88. The molecule has 1 aliphatic rings. The number of rotatable bonds is 4. The minimum Gasteiger partial charge on any atom is -0.348 e. The van der Waals surface area contributed by atoms with E-state index in [9.17, 15) is 19.7 Å². The van der Waals surface area contributed by atoms with E-state index in [1.165, 1.54) is 5.56 Å². The highest BCUT2D eigenvalue weighted by Gasteiger charge is 2.21. The van der Waals surface area contributed by atoms with Crippen LogP contribution in [0.15, 0.2) is 47.4 Å². The largest absolute Gasteiger partial charge is 0.348 e. The number of nitro groups is 1. The normalized spacial score (nSPS) is 16.2. The molecule has 7 nitrogen and oxygen atoms in total. The quantitative estimate of drug-likeness (QED) is 0.686. The Morgan fingerprint density at radius 2 is 2.08 bits per heavy atom. The molecule has 1 atom stereocenters. The van der Waals surface area contributed by atoms with Crippen molar-refractivity contribution in [3.05, 3.63) is 74.2 Å². The van der Waals surface area contributed by atoms with E-state index in [4.69, 9.17) is 0 Å². The van der Waals surface area contributed by atoms with Gasteiger partial charge in [-0.3, -0.25) is 24.3 Å². The fourth-order valence-corrected chi connectivity index (χ4v) is 3.05. The first-order valence-corrected chi connectivity index (χ1v) is 7.76. The molecule has 1 N–H and O–H groups in total. The highest BCUT2D eigenvalue weighted by atomic mass is 16.6. The molecule has 0 fully saturated rings. The molecule has 24 heavy (non-hydrogen) atoms. The number of fused-ring (bicyclic) bond motifs is 1. The van der Waals surface area contributed by atoms with E-state index in [0.29, 0.717) is 0 Å². The number of nitrogens with zero attached hydrogens (tertiary/aromatic N) is 2. The van der Waals surface area contributed by atoms with Crippen molar-refractivity contribution in [2.75, 3.05) is 0 Å². The highest BCUT2D eigenvalue weighted by molar-refractivity contribution is 5.76. The number of aromatic nitrogens is 1. The zero-order chi connectivity index (χ0) is 17.1. The third-order valence-electron chi connectivity index (χ3n) is 4.20. The second-order valence-corrected chi connectivity index (χ2v) is 5.82. The summed E-state index contributed by atoms with van der Waals surface area (Å²) in [6, 6.07) is 10.1. The number of hydrogen-bond acceptors (Lipinski definition) is 4. The maximum Gasteiger partial charge on any atom is 0.285 e. The van der Waals surface area contributed by atoms with E-state index in [-0.39, 0.29) is 24.2 Å². The molecule has 0 spiro atoms.